The van der Waals surface area contributed by atoms with E-state index in [2.05, 4.69) is 6.92 Å². The maximum atomic E-state index is 12.0. The van der Waals surface area contributed by atoms with E-state index in [0.29, 0.717) is 22.8 Å². The summed E-state index contributed by atoms with van der Waals surface area (Å²) in [6, 6.07) is 5.27. The molecule has 0 aliphatic carbocycles. The fourth-order valence-electron chi connectivity index (χ4n) is 1.42. The van der Waals surface area contributed by atoms with Gasteiger partial charge in [0.15, 0.2) is 5.78 Å². The molecule has 0 unspecified atom stereocenters. The molecular formula is C13H18O3S. The van der Waals surface area contributed by atoms with Crippen LogP contribution < -0.4 is 9.47 Å². The Kier molecular flexibility index (Phi) is 5.91. The Labute approximate surface area is 106 Å². The molecule has 0 bridgehead atoms. The molecule has 0 saturated carbocycles. The highest BCUT2D eigenvalue weighted by molar-refractivity contribution is 7.99. The van der Waals surface area contributed by atoms with Gasteiger partial charge in [0.05, 0.1) is 25.5 Å². The van der Waals surface area contributed by atoms with Gasteiger partial charge in [0.2, 0.25) is 0 Å². The van der Waals surface area contributed by atoms with Crippen molar-refractivity contribution in [1.29, 1.82) is 0 Å². The standard InChI is InChI=1S/C13H18O3S/c1-4-7-17-9-12(14)11-6-5-10(15-2)8-13(11)16-3/h5-6,8H,4,7,9H2,1-3H3. The van der Waals surface area contributed by atoms with Gasteiger partial charge < -0.3 is 9.47 Å². The Morgan fingerprint density at radius 3 is 2.65 bits per heavy atom. The second-order valence-electron chi connectivity index (χ2n) is 3.54. The van der Waals surface area contributed by atoms with E-state index in [4.69, 9.17) is 9.47 Å². The number of ether oxygens (including phenoxy) is 2. The van der Waals surface area contributed by atoms with Gasteiger partial charge in [-0.15, -0.1) is 0 Å². The molecule has 17 heavy (non-hydrogen) atoms. The Morgan fingerprint density at radius 2 is 2.06 bits per heavy atom. The number of Topliss-reactive ketones (excluding diaryl/α,β-unsaturated/α-hetero) is 1. The third-order valence-electron chi connectivity index (χ3n) is 2.29. The smallest absolute Gasteiger partial charge is 0.176 e. The van der Waals surface area contributed by atoms with Gasteiger partial charge in [0, 0.05) is 6.07 Å². The molecule has 0 heterocycles. The quantitative estimate of drug-likeness (QED) is 0.553. The number of ketones is 1. The minimum atomic E-state index is 0.1000. The maximum absolute atomic E-state index is 12.0. The molecule has 0 aliphatic rings. The van der Waals surface area contributed by atoms with E-state index < -0.39 is 0 Å². The van der Waals surface area contributed by atoms with Crippen LogP contribution in [0.2, 0.25) is 0 Å². The summed E-state index contributed by atoms with van der Waals surface area (Å²) < 4.78 is 10.3. The number of hydrogen-bond acceptors (Lipinski definition) is 4. The van der Waals surface area contributed by atoms with E-state index in [-0.39, 0.29) is 5.78 Å². The third-order valence-corrected chi connectivity index (χ3v) is 3.45. The Bertz CT molecular complexity index is 377. The first-order chi connectivity index (χ1) is 8.22. The summed E-state index contributed by atoms with van der Waals surface area (Å²) in [4.78, 5) is 12.0. The van der Waals surface area contributed by atoms with Gasteiger partial charge in [0.25, 0.3) is 0 Å². The molecule has 1 aromatic rings. The first-order valence-electron chi connectivity index (χ1n) is 5.55. The predicted molar refractivity (Wildman–Crippen MR) is 71.5 cm³/mol. The third kappa shape index (κ3) is 3.97. The van der Waals surface area contributed by atoms with E-state index in [1.54, 1.807) is 44.2 Å². The molecule has 1 aromatic carbocycles. The average molecular weight is 254 g/mol. The fourth-order valence-corrected chi connectivity index (χ4v) is 2.19. The number of benzene rings is 1. The highest BCUT2D eigenvalue weighted by Gasteiger charge is 2.12. The number of methoxy groups -OCH3 is 2. The van der Waals surface area contributed by atoms with Crippen molar-refractivity contribution in [3.8, 4) is 11.5 Å². The lowest BCUT2D eigenvalue weighted by atomic mass is 10.1. The zero-order valence-electron chi connectivity index (χ0n) is 10.5. The first-order valence-corrected chi connectivity index (χ1v) is 6.71. The summed E-state index contributed by atoms with van der Waals surface area (Å²) in [7, 11) is 3.15. The highest BCUT2D eigenvalue weighted by Crippen LogP contribution is 2.25. The van der Waals surface area contributed by atoms with Crippen LogP contribution in [-0.2, 0) is 0 Å². The van der Waals surface area contributed by atoms with Crippen LogP contribution in [0.25, 0.3) is 0 Å². The average Bonchev–Trinajstić information content (AvgIpc) is 2.38. The van der Waals surface area contributed by atoms with Crippen LogP contribution in [0.4, 0.5) is 0 Å². The number of hydrogen-bond donors (Lipinski definition) is 0. The predicted octanol–water partition coefficient (Wildman–Crippen LogP) is 3.03. The topological polar surface area (TPSA) is 35.5 Å². The van der Waals surface area contributed by atoms with E-state index in [1.807, 2.05) is 0 Å². The highest BCUT2D eigenvalue weighted by atomic mass is 32.2. The molecule has 4 heteroatoms. The lowest BCUT2D eigenvalue weighted by molar-refractivity contribution is 0.101. The largest absolute Gasteiger partial charge is 0.497 e. The number of carbonyl (C=O) groups is 1. The molecule has 3 nitrogen and oxygen atoms in total. The number of rotatable bonds is 7. The van der Waals surface area contributed by atoms with Crippen LogP contribution in [0.3, 0.4) is 0 Å². The molecule has 0 radical (unpaired) electrons. The van der Waals surface area contributed by atoms with Crippen LogP contribution in [-0.4, -0.2) is 31.5 Å². The molecule has 0 saturated heterocycles. The van der Waals surface area contributed by atoms with Crippen molar-refractivity contribution in [1.82, 2.24) is 0 Å². The van der Waals surface area contributed by atoms with Gasteiger partial charge in [-0.2, -0.15) is 11.8 Å². The van der Waals surface area contributed by atoms with E-state index in [9.17, 15) is 4.79 Å². The van der Waals surface area contributed by atoms with Gasteiger partial charge in [0.1, 0.15) is 11.5 Å². The molecule has 0 atom stereocenters. The Balaban J connectivity index is 2.78. The van der Waals surface area contributed by atoms with E-state index in [0.717, 1.165) is 12.2 Å². The molecule has 0 N–H and O–H groups in total. The molecule has 0 spiro atoms. The first kappa shape index (κ1) is 13.9. The lowest BCUT2D eigenvalue weighted by Crippen LogP contribution is -2.05. The molecular weight excluding hydrogens is 236 g/mol. The fraction of sp³-hybridized carbons (Fsp3) is 0.462. The zero-order valence-corrected chi connectivity index (χ0v) is 11.3. The number of thioether (sulfide) groups is 1. The van der Waals surface area contributed by atoms with Gasteiger partial charge in [-0.25, -0.2) is 0 Å². The summed E-state index contributed by atoms with van der Waals surface area (Å²) in [5.41, 5.74) is 0.622. The SMILES string of the molecule is CCCSCC(=O)c1ccc(OC)cc1OC. The van der Waals surface area contributed by atoms with Gasteiger partial charge in [-0.1, -0.05) is 6.92 Å². The van der Waals surface area contributed by atoms with Crippen LogP contribution in [0.5, 0.6) is 11.5 Å². The van der Waals surface area contributed by atoms with E-state index >= 15 is 0 Å². The lowest BCUT2D eigenvalue weighted by Gasteiger charge is -2.09. The summed E-state index contributed by atoms with van der Waals surface area (Å²) in [5, 5.41) is 0. The van der Waals surface area contributed by atoms with Crippen molar-refractivity contribution in [2.75, 3.05) is 25.7 Å². The Hall–Kier alpha value is -1.16. The van der Waals surface area contributed by atoms with Crippen LogP contribution in [0.1, 0.15) is 23.7 Å². The molecule has 0 aliphatic heterocycles. The van der Waals surface area contributed by atoms with Gasteiger partial charge in [-0.05, 0) is 24.3 Å². The van der Waals surface area contributed by atoms with Crippen molar-refractivity contribution >= 4 is 17.5 Å². The van der Waals surface area contributed by atoms with Gasteiger partial charge in [-0.3, -0.25) is 4.79 Å². The normalized spacial score (nSPS) is 10.1. The maximum Gasteiger partial charge on any atom is 0.176 e. The van der Waals surface area contributed by atoms with Crippen molar-refractivity contribution in [2.24, 2.45) is 0 Å². The van der Waals surface area contributed by atoms with Crippen molar-refractivity contribution < 1.29 is 14.3 Å². The van der Waals surface area contributed by atoms with Crippen LogP contribution in [0.15, 0.2) is 18.2 Å². The molecule has 0 amide bonds. The summed E-state index contributed by atoms with van der Waals surface area (Å²) >= 11 is 1.65. The minimum Gasteiger partial charge on any atom is -0.497 e. The summed E-state index contributed by atoms with van der Waals surface area (Å²) in [6.07, 6.45) is 1.08. The second-order valence-corrected chi connectivity index (χ2v) is 4.65. The van der Waals surface area contributed by atoms with Gasteiger partial charge >= 0.3 is 0 Å². The van der Waals surface area contributed by atoms with Crippen molar-refractivity contribution in [3.05, 3.63) is 23.8 Å². The van der Waals surface area contributed by atoms with Crippen LogP contribution >= 0.6 is 11.8 Å². The second kappa shape index (κ2) is 7.22. The number of carbonyl (C=O) groups excluding carboxylic acids is 1. The Morgan fingerprint density at radius 1 is 1.29 bits per heavy atom. The molecule has 1 rings (SSSR count). The molecule has 94 valence electrons. The summed E-state index contributed by atoms with van der Waals surface area (Å²) in [6.45, 7) is 2.10. The van der Waals surface area contributed by atoms with Crippen molar-refractivity contribution in [3.63, 3.8) is 0 Å². The monoisotopic (exact) mass is 254 g/mol. The summed E-state index contributed by atoms with van der Waals surface area (Å²) in [5.74, 6) is 2.87. The zero-order chi connectivity index (χ0) is 12.7. The minimum absolute atomic E-state index is 0.1000. The molecule has 0 aromatic heterocycles. The molecule has 0 fully saturated rings. The van der Waals surface area contributed by atoms with Crippen molar-refractivity contribution in [2.45, 2.75) is 13.3 Å². The van der Waals surface area contributed by atoms with Crippen LogP contribution in [0, 0.1) is 0 Å². The van der Waals surface area contributed by atoms with E-state index in [1.165, 1.54) is 0 Å².